The number of hydrogen-bond donors (Lipinski definition) is 2. The number of thiazole rings is 1. The summed E-state index contributed by atoms with van der Waals surface area (Å²) in [4.78, 5) is 25.1. The maximum Gasteiger partial charge on any atom is 0.271 e. The Kier molecular flexibility index (Phi) is 6.39. The van der Waals surface area contributed by atoms with E-state index in [0.717, 1.165) is 57.2 Å². The quantitative estimate of drug-likeness (QED) is 0.435. The summed E-state index contributed by atoms with van der Waals surface area (Å²) in [5, 5.41) is 12.3. The first-order valence-electron chi connectivity index (χ1n) is 10.5. The van der Waals surface area contributed by atoms with E-state index < -0.39 is 0 Å². The van der Waals surface area contributed by atoms with E-state index in [9.17, 15) is 4.79 Å². The van der Waals surface area contributed by atoms with Crippen molar-refractivity contribution in [1.29, 1.82) is 0 Å². The average Bonchev–Trinajstić information content (AvgIpc) is 3.42. The molecule has 0 aliphatic rings. The van der Waals surface area contributed by atoms with Crippen molar-refractivity contribution in [1.82, 2.24) is 30.4 Å². The van der Waals surface area contributed by atoms with Crippen LogP contribution < -0.4 is 5.32 Å². The van der Waals surface area contributed by atoms with E-state index in [4.69, 9.17) is 4.98 Å². The molecule has 0 saturated heterocycles. The highest BCUT2D eigenvalue weighted by atomic mass is 32.1. The summed E-state index contributed by atoms with van der Waals surface area (Å²) >= 11 is 1.47. The van der Waals surface area contributed by atoms with Crippen LogP contribution in [0.5, 0.6) is 0 Å². The van der Waals surface area contributed by atoms with Crippen molar-refractivity contribution in [2.75, 3.05) is 26.2 Å². The molecule has 0 fully saturated rings. The predicted octanol–water partition coefficient (Wildman–Crippen LogP) is 4.13. The normalized spacial score (nSPS) is 11.4. The molecule has 0 saturated carbocycles. The fraction of sp³-hybridized carbons (Fsp3) is 0.304. The number of aromatic amines is 1. The fourth-order valence-corrected chi connectivity index (χ4v) is 4.63. The summed E-state index contributed by atoms with van der Waals surface area (Å²) in [5.41, 5.74) is 4.14. The Morgan fingerprint density at radius 1 is 1.19 bits per heavy atom. The van der Waals surface area contributed by atoms with Crippen molar-refractivity contribution in [3.05, 3.63) is 54.0 Å². The van der Waals surface area contributed by atoms with E-state index in [1.807, 2.05) is 37.3 Å². The zero-order chi connectivity index (χ0) is 21.8. The Morgan fingerprint density at radius 2 is 2.03 bits per heavy atom. The largest absolute Gasteiger partial charge is 0.349 e. The molecule has 0 unspecified atom stereocenters. The first-order valence-corrected chi connectivity index (χ1v) is 11.3. The Labute approximate surface area is 185 Å². The number of fused-ring (bicyclic) bond motifs is 1. The summed E-state index contributed by atoms with van der Waals surface area (Å²) in [6.07, 6.45) is 3.49. The lowest BCUT2D eigenvalue weighted by Gasteiger charge is -2.17. The molecule has 0 aliphatic carbocycles. The zero-order valence-electron chi connectivity index (χ0n) is 18.0. The van der Waals surface area contributed by atoms with Gasteiger partial charge in [0.05, 0.1) is 10.4 Å². The van der Waals surface area contributed by atoms with Crippen molar-refractivity contribution in [3.63, 3.8) is 0 Å². The van der Waals surface area contributed by atoms with Gasteiger partial charge in [0.25, 0.3) is 5.91 Å². The van der Waals surface area contributed by atoms with Crippen molar-refractivity contribution in [2.45, 2.75) is 20.8 Å². The number of amides is 1. The monoisotopic (exact) mass is 434 g/mol. The van der Waals surface area contributed by atoms with Gasteiger partial charge in [-0.15, -0.1) is 11.3 Å². The lowest BCUT2D eigenvalue weighted by Crippen LogP contribution is -2.35. The van der Waals surface area contributed by atoms with Gasteiger partial charge in [0.1, 0.15) is 16.4 Å². The molecule has 8 heteroatoms. The molecule has 0 radical (unpaired) electrons. The Balaban J connectivity index is 1.69. The number of nitrogens with zero attached hydrogens (tertiary/aromatic N) is 4. The average molecular weight is 435 g/mol. The zero-order valence-corrected chi connectivity index (χ0v) is 18.8. The summed E-state index contributed by atoms with van der Waals surface area (Å²) < 4.78 is 0. The number of nitrogens with one attached hydrogen (secondary N) is 2. The van der Waals surface area contributed by atoms with Crippen LogP contribution in [0, 0.1) is 6.92 Å². The Bertz CT molecular complexity index is 1180. The van der Waals surface area contributed by atoms with Crippen LogP contribution >= 0.6 is 11.3 Å². The molecule has 1 aromatic carbocycles. The van der Waals surface area contributed by atoms with Crippen molar-refractivity contribution < 1.29 is 4.79 Å². The number of pyridine rings is 1. The molecule has 1 amide bonds. The molecule has 3 heterocycles. The minimum Gasteiger partial charge on any atom is -0.349 e. The number of hydrogen-bond acceptors (Lipinski definition) is 6. The summed E-state index contributed by atoms with van der Waals surface area (Å²) in [7, 11) is 0. The topological polar surface area (TPSA) is 86.8 Å². The maximum atomic E-state index is 13.1. The smallest absolute Gasteiger partial charge is 0.271 e. The van der Waals surface area contributed by atoms with Gasteiger partial charge in [-0.2, -0.15) is 5.10 Å². The van der Waals surface area contributed by atoms with Gasteiger partial charge in [-0.1, -0.05) is 38.1 Å². The standard InChI is InChI=1S/C23H26N6OS/c1-4-29(5-2)13-12-25-22(30)20-21(16-9-7-11-24-14-16)31-23(26-20)19-17-10-6-8-15(3)18(17)27-28-19/h6-11,14H,4-5,12-13H2,1-3H3,(H,25,30)(H,27,28). The second-order valence-corrected chi connectivity index (χ2v) is 8.29. The van der Waals surface area contributed by atoms with Gasteiger partial charge >= 0.3 is 0 Å². The van der Waals surface area contributed by atoms with E-state index in [-0.39, 0.29) is 5.91 Å². The lowest BCUT2D eigenvalue weighted by molar-refractivity contribution is 0.0945. The third-order valence-electron chi connectivity index (χ3n) is 5.37. The molecule has 0 spiro atoms. The molecule has 0 atom stereocenters. The van der Waals surface area contributed by atoms with Crippen molar-refractivity contribution >= 4 is 28.1 Å². The van der Waals surface area contributed by atoms with Gasteiger partial charge in [0.15, 0.2) is 0 Å². The number of H-pyrrole nitrogens is 1. The molecule has 7 nitrogen and oxygen atoms in total. The van der Waals surface area contributed by atoms with Crippen LogP contribution in [0.1, 0.15) is 29.9 Å². The molecule has 4 aromatic rings. The molecule has 3 aromatic heterocycles. The minimum atomic E-state index is -0.173. The Morgan fingerprint density at radius 3 is 2.77 bits per heavy atom. The number of carbonyl (C=O) groups is 1. The van der Waals surface area contributed by atoms with Crippen LogP contribution in [0.4, 0.5) is 0 Å². The van der Waals surface area contributed by atoms with E-state index in [0.29, 0.717) is 12.2 Å². The van der Waals surface area contributed by atoms with Crippen LogP contribution in [-0.2, 0) is 0 Å². The van der Waals surface area contributed by atoms with Crippen LogP contribution in [0.3, 0.4) is 0 Å². The summed E-state index contributed by atoms with van der Waals surface area (Å²) in [6, 6.07) is 9.88. The van der Waals surface area contributed by atoms with E-state index in [2.05, 4.69) is 39.2 Å². The van der Waals surface area contributed by atoms with E-state index >= 15 is 0 Å². The molecular weight excluding hydrogens is 408 g/mol. The molecular formula is C23H26N6OS. The molecule has 0 aliphatic heterocycles. The van der Waals surface area contributed by atoms with Crippen molar-refractivity contribution in [2.24, 2.45) is 0 Å². The van der Waals surface area contributed by atoms with Gasteiger partial charge in [0, 0.05) is 36.4 Å². The minimum absolute atomic E-state index is 0.173. The molecule has 160 valence electrons. The number of likely N-dealkylation sites (N-methyl/N-ethyl adjacent to an activating group) is 1. The molecule has 31 heavy (non-hydrogen) atoms. The number of rotatable bonds is 8. The number of para-hydroxylation sites is 1. The lowest BCUT2D eigenvalue weighted by atomic mass is 10.1. The highest BCUT2D eigenvalue weighted by Crippen LogP contribution is 2.37. The van der Waals surface area contributed by atoms with Gasteiger partial charge in [0.2, 0.25) is 0 Å². The number of aryl methyl sites for hydroxylation is 1. The third-order valence-corrected chi connectivity index (χ3v) is 6.50. The number of benzene rings is 1. The summed E-state index contributed by atoms with van der Waals surface area (Å²) in [6.45, 7) is 9.57. The number of carbonyl (C=O) groups excluding carboxylic acids is 1. The SMILES string of the molecule is CCN(CC)CCNC(=O)c1nc(-c2[nH]nc3c(C)cccc23)sc1-c1cccnc1. The van der Waals surface area contributed by atoms with Crippen LogP contribution in [-0.4, -0.2) is 57.2 Å². The highest BCUT2D eigenvalue weighted by molar-refractivity contribution is 7.18. The van der Waals surface area contributed by atoms with Crippen molar-refractivity contribution in [3.8, 4) is 21.1 Å². The van der Waals surface area contributed by atoms with Crippen LogP contribution in [0.2, 0.25) is 0 Å². The fourth-order valence-electron chi connectivity index (χ4n) is 3.57. The van der Waals surface area contributed by atoms with Crippen LogP contribution in [0.25, 0.3) is 32.0 Å². The van der Waals surface area contributed by atoms with Gasteiger partial charge in [-0.25, -0.2) is 4.98 Å². The predicted molar refractivity (Wildman–Crippen MR) is 125 cm³/mol. The van der Waals surface area contributed by atoms with Gasteiger partial charge in [-0.05, 0) is 31.6 Å². The summed E-state index contributed by atoms with van der Waals surface area (Å²) in [5.74, 6) is -0.173. The third kappa shape index (κ3) is 4.35. The molecule has 2 N–H and O–H groups in total. The second-order valence-electron chi connectivity index (χ2n) is 7.29. The van der Waals surface area contributed by atoms with E-state index in [1.54, 1.807) is 12.4 Å². The molecule has 0 bridgehead atoms. The Hall–Kier alpha value is -3.10. The van der Waals surface area contributed by atoms with Crippen LogP contribution in [0.15, 0.2) is 42.7 Å². The highest BCUT2D eigenvalue weighted by Gasteiger charge is 2.22. The van der Waals surface area contributed by atoms with Gasteiger partial charge < -0.3 is 10.2 Å². The number of aromatic nitrogens is 4. The maximum absolute atomic E-state index is 13.1. The molecule has 4 rings (SSSR count). The first-order chi connectivity index (χ1) is 15.1. The van der Waals surface area contributed by atoms with Gasteiger partial charge in [-0.3, -0.25) is 14.9 Å². The first kappa shape index (κ1) is 21.1. The second kappa shape index (κ2) is 9.36. The van der Waals surface area contributed by atoms with E-state index in [1.165, 1.54) is 11.3 Å².